The van der Waals surface area contributed by atoms with Crippen LogP contribution in [0.1, 0.15) is 18.4 Å². The number of carboxylic acids is 1. The first-order valence-electron chi connectivity index (χ1n) is 10.7. The first-order chi connectivity index (χ1) is 16.8. The van der Waals surface area contributed by atoms with E-state index >= 15 is 0 Å². The summed E-state index contributed by atoms with van der Waals surface area (Å²) in [5.74, 6) is -1.93. The quantitative estimate of drug-likeness (QED) is 0.314. The van der Waals surface area contributed by atoms with Crippen molar-refractivity contribution >= 4 is 51.6 Å². The molecule has 0 aromatic heterocycles. The number of hydrogen-bond acceptors (Lipinski definition) is 5. The molecule has 2 aromatic carbocycles. The van der Waals surface area contributed by atoms with Gasteiger partial charge in [0.15, 0.2) is 5.96 Å². The van der Waals surface area contributed by atoms with E-state index in [2.05, 4.69) is 0 Å². The number of anilines is 1. The highest BCUT2D eigenvalue weighted by molar-refractivity contribution is 7.93. The molecule has 37 heavy (non-hydrogen) atoms. The van der Waals surface area contributed by atoms with Gasteiger partial charge in [0.2, 0.25) is 0 Å². The molecule has 4 N–H and O–H groups in total. The molecule has 0 bridgehead atoms. The fourth-order valence-electron chi connectivity index (χ4n) is 3.74. The molecular weight excluding hydrogens is 560 g/mol. The van der Waals surface area contributed by atoms with E-state index in [1.54, 1.807) is 4.90 Å². The molecule has 2 aromatic rings. The molecule has 1 saturated heterocycles. The standard InChI is InChI=1S/C22H24ClF3N4O5S.ClH/c23-18-3-1-2-4-19(18)36(33,34)30(12-20(31)32)16-9-15(22(24,25)26)10-17(11-16)35-13-14-5-7-29(8-6-14)21(27)28;/h1-4,9-11,14H,5-8,12-13H2,(H3,27,28)(H,31,32);1H. The van der Waals surface area contributed by atoms with E-state index in [1.807, 2.05) is 0 Å². The molecule has 1 aliphatic heterocycles. The van der Waals surface area contributed by atoms with Gasteiger partial charge in [0.05, 0.1) is 22.9 Å². The summed E-state index contributed by atoms with van der Waals surface area (Å²) in [6.45, 7) is -0.0974. The zero-order valence-corrected chi connectivity index (χ0v) is 21.6. The van der Waals surface area contributed by atoms with Gasteiger partial charge in [-0.1, -0.05) is 23.7 Å². The van der Waals surface area contributed by atoms with E-state index in [0.717, 1.165) is 18.2 Å². The van der Waals surface area contributed by atoms with Gasteiger partial charge in [-0.15, -0.1) is 12.4 Å². The minimum atomic E-state index is -4.86. The lowest BCUT2D eigenvalue weighted by Crippen LogP contribution is -2.43. The van der Waals surface area contributed by atoms with Crippen molar-refractivity contribution in [3.8, 4) is 5.75 Å². The maximum absolute atomic E-state index is 13.7. The molecule has 0 amide bonds. The molecule has 0 saturated carbocycles. The predicted octanol–water partition coefficient (Wildman–Crippen LogP) is 4.04. The van der Waals surface area contributed by atoms with Gasteiger partial charge >= 0.3 is 12.1 Å². The summed E-state index contributed by atoms with van der Waals surface area (Å²) in [4.78, 5) is 12.7. The summed E-state index contributed by atoms with van der Waals surface area (Å²) in [7, 11) is -4.65. The third kappa shape index (κ3) is 7.55. The summed E-state index contributed by atoms with van der Waals surface area (Å²) in [5.41, 5.74) is 3.73. The molecule has 0 aliphatic carbocycles. The number of carbonyl (C=O) groups is 1. The molecule has 0 unspecified atom stereocenters. The van der Waals surface area contributed by atoms with Crippen LogP contribution in [0.15, 0.2) is 47.4 Å². The van der Waals surface area contributed by atoms with Gasteiger partial charge in [0.1, 0.15) is 17.2 Å². The Balaban J connectivity index is 0.00000481. The van der Waals surface area contributed by atoms with Crippen molar-refractivity contribution in [2.75, 3.05) is 30.5 Å². The van der Waals surface area contributed by atoms with E-state index in [1.165, 1.54) is 18.2 Å². The van der Waals surface area contributed by atoms with Gasteiger partial charge < -0.3 is 20.5 Å². The smallest absolute Gasteiger partial charge is 0.416 e. The van der Waals surface area contributed by atoms with Crippen LogP contribution in [-0.4, -0.2) is 56.6 Å². The lowest BCUT2D eigenvalue weighted by molar-refractivity contribution is -0.137. The van der Waals surface area contributed by atoms with Gasteiger partial charge in [0.25, 0.3) is 10.0 Å². The van der Waals surface area contributed by atoms with Gasteiger partial charge in [0, 0.05) is 19.2 Å². The van der Waals surface area contributed by atoms with Gasteiger partial charge in [-0.25, -0.2) is 8.42 Å². The SMILES string of the molecule is Cl.N=C(N)N1CCC(COc2cc(N(CC(=O)O)S(=O)(=O)c3ccccc3Cl)cc(C(F)(F)F)c2)CC1. The highest BCUT2D eigenvalue weighted by atomic mass is 35.5. The first-order valence-corrected chi connectivity index (χ1v) is 12.5. The van der Waals surface area contributed by atoms with E-state index in [4.69, 9.17) is 27.5 Å². The number of guanidine groups is 1. The molecular formula is C22H25Cl2F3N4O5S. The Morgan fingerprint density at radius 1 is 1.22 bits per heavy atom. The van der Waals surface area contributed by atoms with E-state index < -0.39 is 44.9 Å². The van der Waals surface area contributed by atoms with Crippen molar-refractivity contribution < 1.29 is 36.2 Å². The Hall–Kier alpha value is -2.90. The number of halogens is 5. The minimum absolute atomic E-state index is 0. The van der Waals surface area contributed by atoms with Crippen LogP contribution in [0.3, 0.4) is 0 Å². The number of sulfonamides is 1. The van der Waals surface area contributed by atoms with Gasteiger partial charge in [-0.2, -0.15) is 13.2 Å². The van der Waals surface area contributed by atoms with E-state index in [-0.39, 0.29) is 41.7 Å². The van der Waals surface area contributed by atoms with Crippen LogP contribution in [0.25, 0.3) is 0 Å². The van der Waals surface area contributed by atoms with Crippen molar-refractivity contribution in [3.63, 3.8) is 0 Å². The second kappa shape index (κ2) is 12.1. The van der Waals surface area contributed by atoms with Crippen LogP contribution in [-0.2, 0) is 21.0 Å². The number of alkyl halides is 3. The summed E-state index contributed by atoms with van der Waals surface area (Å²) >= 11 is 6.00. The maximum atomic E-state index is 13.7. The van der Waals surface area contributed by atoms with Crippen LogP contribution >= 0.6 is 24.0 Å². The number of nitrogens with zero attached hydrogens (tertiary/aromatic N) is 2. The van der Waals surface area contributed by atoms with Crippen molar-refractivity contribution in [1.82, 2.24) is 4.90 Å². The highest BCUT2D eigenvalue weighted by Gasteiger charge is 2.35. The number of hydrogen-bond donors (Lipinski definition) is 3. The normalized spacial score (nSPS) is 14.5. The maximum Gasteiger partial charge on any atom is 0.416 e. The molecule has 0 spiro atoms. The number of rotatable bonds is 8. The number of nitrogens with one attached hydrogen (secondary N) is 1. The molecule has 1 fully saturated rings. The zero-order chi connectivity index (χ0) is 26.7. The second-order valence-corrected chi connectivity index (χ2v) is 10.4. The molecule has 15 heteroatoms. The molecule has 0 atom stereocenters. The molecule has 1 aliphatic rings. The van der Waals surface area contributed by atoms with Crippen molar-refractivity contribution in [1.29, 1.82) is 5.41 Å². The fraction of sp³-hybridized carbons (Fsp3) is 0.364. The Morgan fingerprint density at radius 3 is 2.38 bits per heavy atom. The third-order valence-corrected chi connectivity index (χ3v) is 7.90. The monoisotopic (exact) mass is 584 g/mol. The Kier molecular flexibility index (Phi) is 9.91. The average molecular weight is 585 g/mol. The molecule has 0 radical (unpaired) electrons. The number of piperidine rings is 1. The minimum Gasteiger partial charge on any atom is -0.493 e. The second-order valence-electron chi connectivity index (χ2n) is 8.18. The Bertz CT molecular complexity index is 1240. The zero-order valence-electron chi connectivity index (χ0n) is 19.2. The Morgan fingerprint density at radius 2 is 1.84 bits per heavy atom. The van der Waals surface area contributed by atoms with Crippen LogP contribution in [0.5, 0.6) is 5.75 Å². The third-order valence-electron chi connectivity index (χ3n) is 5.63. The summed E-state index contributed by atoms with van der Waals surface area (Å²) < 4.78 is 73.5. The number of likely N-dealkylation sites (tertiary alicyclic amines) is 1. The number of nitrogens with two attached hydrogens (primary N) is 1. The fourth-order valence-corrected chi connectivity index (χ4v) is 5.63. The largest absolute Gasteiger partial charge is 0.493 e. The van der Waals surface area contributed by atoms with Crippen LogP contribution in [0.2, 0.25) is 5.02 Å². The Labute approximate surface area is 222 Å². The topological polar surface area (TPSA) is 137 Å². The molecule has 1 heterocycles. The van der Waals surface area contributed by atoms with Crippen LogP contribution in [0.4, 0.5) is 18.9 Å². The van der Waals surface area contributed by atoms with E-state index in [9.17, 15) is 31.5 Å². The highest BCUT2D eigenvalue weighted by Crippen LogP contribution is 2.37. The number of carboxylic acid groups (broad SMARTS) is 1. The number of ether oxygens (including phenoxy) is 1. The molecule has 204 valence electrons. The van der Waals surface area contributed by atoms with Gasteiger partial charge in [-0.05, 0) is 43.0 Å². The lowest BCUT2D eigenvalue weighted by Gasteiger charge is -2.32. The van der Waals surface area contributed by atoms with Gasteiger partial charge in [-0.3, -0.25) is 14.5 Å². The van der Waals surface area contributed by atoms with E-state index in [0.29, 0.717) is 36.3 Å². The summed E-state index contributed by atoms with van der Waals surface area (Å²) in [6.07, 6.45) is -3.67. The molecule has 9 nitrogen and oxygen atoms in total. The summed E-state index contributed by atoms with van der Waals surface area (Å²) in [6, 6.07) is 7.55. The van der Waals surface area contributed by atoms with Crippen molar-refractivity contribution in [2.45, 2.75) is 23.9 Å². The number of aliphatic carboxylic acids is 1. The van der Waals surface area contributed by atoms with Crippen LogP contribution in [0, 0.1) is 11.3 Å². The van der Waals surface area contributed by atoms with Crippen molar-refractivity contribution in [3.05, 3.63) is 53.1 Å². The average Bonchev–Trinajstić information content (AvgIpc) is 2.80. The predicted molar refractivity (Wildman–Crippen MR) is 134 cm³/mol. The lowest BCUT2D eigenvalue weighted by atomic mass is 9.98. The molecule has 3 rings (SSSR count). The summed E-state index contributed by atoms with van der Waals surface area (Å²) in [5, 5.41) is 16.6. The first kappa shape index (κ1) is 30.3. The van der Waals surface area contributed by atoms with Crippen molar-refractivity contribution in [2.24, 2.45) is 11.7 Å². The number of benzene rings is 2. The van der Waals surface area contributed by atoms with Crippen LogP contribution < -0.4 is 14.8 Å².